The Labute approximate surface area is 191 Å². The molecule has 0 spiro atoms. The van der Waals surface area contributed by atoms with Crippen molar-refractivity contribution >= 4 is 37.4 Å². The predicted octanol–water partition coefficient (Wildman–Crippen LogP) is 3.71. The topological polar surface area (TPSA) is 94.1 Å². The zero-order chi connectivity index (χ0) is 23.7. The molecule has 7 nitrogen and oxygen atoms in total. The van der Waals surface area contributed by atoms with Crippen molar-refractivity contribution in [2.45, 2.75) is 84.4 Å². The summed E-state index contributed by atoms with van der Waals surface area (Å²) in [5, 5.41) is 11.2. The molecule has 0 aliphatic heterocycles. The molecule has 0 N–H and O–H groups in total. The van der Waals surface area contributed by atoms with Gasteiger partial charge < -0.3 is 27.3 Å². The first-order valence-electron chi connectivity index (χ1n) is 11.4. The number of carboxylic acid groups (broad SMARTS) is 1. The van der Waals surface area contributed by atoms with Gasteiger partial charge in [0.05, 0.1) is 12.5 Å². The van der Waals surface area contributed by atoms with Crippen LogP contribution < -0.4 is 5.11 Å². The normalized spacial score (nSPS) is 20.0. The summed E-state index contributed by atoms with van der Waals surface area (Å²) in [4.78, 5) is 23.5. The zero-order valence-corrected chi connectivity index (χ0v) is 23.3. The molecular formula is C21H41O7Si3-. The minimum atomic E-state index is -2.38. The zero-order valence-electron chi connectivity index (χ0n) is 20.3. The van der Waals surface area contributed by atoms with E-state index in [0.29, 0.717) is 25.9 Å². The van der Waals surface area contributed by atoms with Gasteiger partial charge in [-0.1, -0.05) is 31.9 Å². The average Bonchev–Trinajstić information content (AvgIpc) is 2.64. The molecule has 180 valence electrons. The third kappa shape index (κ3) is 11.1. The standard InChI is InChI=1S/C21H42O7Si3/c1-8-9-17-29(2,3)27-31(6,7)28-30(4,5)26-16-12-15-25-21(24)19-14-11-10-13-18(19)20(22)23/h10-11,18-19H,8-9,12-17H2,1-7H3,(H,22,23)/p-1. The summed E-state index contributed by atoms with van der Waals surface area (Å²) in [5.41, 5.74) is 0. The van der Waals surface area contributed by atoms with E-state index in [9.17, 15) is 14.7 Å². The van der Waals surface area contributed by atoms with Crippen LogP contribution in [0.1, 0.15) is 39.0 Å². The minimum Gasteiger partial charge on any atom is -0.550 e. The van der Waals surface area contributed by atoms with E-state index in [2.05, 4.69) is 33.1 Å². The van der Waals surface area contributed by atoms with Crippen LogP contribution in [0.15, 0.2) is 12.2 Å². The van der Waals surface area contributed by atoms with Crippen molar-refractivity contribution in [3.63, 3.8) is 0 Å². The summed E-state index contributed by atoms with van der Waals surface area (Å²) in [6, 6.07) is 1.13. The fourth-order valence-electron chi connectivity index (χ4n) is 3.95. The van der Waals surface area contributed by atoms with Crippen LogP contribution in [0.25, 0.3) is 0 Å². The molecule has 2 unspecified atom stereocenters. The van der Waals surface area contributed by atoms with Gasteiger partial charge in [-0.05, 0) is 58.2 Å². The molecule has 0 fully saturated rings. The van der Waals surface area contributed by atoms with Crippen LogP contribution >= 0.6 is 0 Å². The highest BCUT2D eigenvalue weighted by Gasteiger charge is 2.40. The Morgan fingerprint density at radius 1 is 0.903 bits per heavy atom. The maximum atomic E-state index is 12.3. The second-order valence-electron chi connectivity index (χ2n) is 9.71. The number of aliphatic carboxylic acids is 1. The Hall–Kier alpha value is -0.789. The van der Waals surface area contributed by atoms with Crippen LogP contribution in [-0.4, -0.2) is 50.6 Å². The maximum Gasteiger partial charge on any atom is 0.322 e. The van der Waals surface area contributed by atoms with Crippen LogP contribution in [-0.2, 0) is 27.0 Å². The monoisotopic (exact) mass is 489 g/mol. The number of carbonyl (C=O) groups excluding carboxylic acids is 2. The highest BCUT2D eigenvalue weighted by molar-refractivity contribution is 6.86. The molecule has 0 aromatic rings. The van der Waals surface area contributed by atoms with Gasteiger partial charge in [-0.15, -0.1) is 0 Å². The van der Waals surface area contributed by atoms with Gasteiger partial charge in [0, 0.05) is 24.9 Å². The Balaban J connectivity index is 2.39. The summed E-state index contributed by atoms with van der Waals surface area (Å²) < 4.78 is 24.2. The van der Waals surface area contributed by atoms with Crippen molar-refractivity contribution in [3.8, 4) is 0 Å². The Bertz CT molecular complexity index is 620. The number of hydrogen-bond donors (Lipinski definition) is 0. The van der Waals surface area contributed by atoms with Crippen molar-refractivity contribution < 1.29 is 32.1 Å². The highest BCUT2D eigenvalue weighted by Crippen LogP contribution is 2.27. The summed E-state index contributed by atoms with van der Waals surface area (Å²) in [6.07, 6.45) is 7.15. The number of carboxylic acids is 1. The number of ether oxygens (including phenoxy) is 1. The molecule has 0 heterocycles. The summed E-state index contributed by atoms with van der Waals surface area (Å²) in [7, 11) is -6.44. The fraction of sp³-hybridized carbons (Fsp3) is 0.810. The lowest BCUT2D eigenvalue weighted by atomic mass is 9.83. The van der Waals surface area contributed by atoms with E-state index in [1.165, 1.54) is 12.8 Å². The summed E-state index contributed by atoms with van der Waals surface area (Å²) in [5.74, 6) is -3.16. The van der Waals surface area contributed by atoms with Crippen LogP contribution in [0.5, 0.6) is 0 Å². The molecular weight excluding hydrogens is 448 g/mol. The van der Waals surface area contributed by atoms with Crippen LogP contribution in [0, 0.1) is 11.8 Å². The molecule has 0 bridgehead atoms. The van der Waals surface area contributed by atoms with Crippen molar-refractivity contribution in [1.29, 1.82) is 0 Å². The Morgan fingerprint density at radius 3 is 2.10 bits per heavy atom. The third-order valence-corrected chi connectivity index (χ3v) is 15.7. The minimum absolute atomic E-state index is 0.192. The van der Waals surface area contributed by atoms with Crippen LogP contribution in [0.2, 0.25) is 45.3 Å². The number of unbranched alkanes of at least 4 members (excludes halogenated alkanes) is 1. The van der Waals surface area contributed by atoms with E-state index in [0.717, 1.165) is 6.04 Å². The van der Waals surface area contributed by atoms with Gasteiger partial charge >= 0.3 is 23.1 Å². The van der Waals surface area contributed by atoms with E-state index in [1.807, 2.05) is 19.2 Å². The van der Waals surface area contributed by atoms with Crippen molar-refractivity contribution in [1.82, 2.24) is 0 Å². The van der Waals surface area contributed by atoms with E-state index >= 15 is 0 Å². The van der Waals surface area contributed by atoms with Crippen molar-refractivity contribution in [2.24, 2.45) is 11.8 Å². The van der Waals surface area contributed by atoms with Crippen molar-refractivity contribution in [2.75, 3.05) is 13.2 Å². The van der Waals surface area contributed by atoms with E-state index in [4.69, 9.17) is 17.4 Å². The number of hydrogen-bond acceptors (Lipinski definition) is 7. The van der Waals surface area contributed by atoms with Gasteiger partial charge in [-0.3, -0.25) is 4.79 Å². The molecule has 1 aliphatic rings. The molecule has 0 aromatic heterocycles. The molecule has 0 radical (unpaired) electrons. The number of rotatable bonds is 14. The number of esters is 1. The molecule has 0 amide bonds. The largest absolute Gasteiger partial charge is 0.550 e. The lowest BCUT2D eigenvalue weighted by Gasteiger charge is -2.38. The molecule has 1 aliphatic carbocycles. The first-order valence-corrected chi connectivity index (χ1v) is 20.1. The highest BCUT2D eigenvalue weighted by atomic mass is 28.5. The predicted molar refractivity (Wildman–Crippen MR) is 126 cm³/mol. The molecule has 0 saturated carbocycles. The average molecular weight is 490 g/mol. The van der Waals surface area contributed by atoms with Gasteiger partial charge in [0.25, 0.3) is 0 Å². The number of carbonyl (C=O) groups is 2. The molecule has 10 heteroatoms. The lowest BCUT2D eigenvalue weighted by Crippen LogP contribution is -2.53. The summed E-state index contributed by atoms with van der Waals surface area (Å²) >= 11 is 0. The molecule has 2 atom stereocenters. The number of allylic oxidation sites excluding steroid dienone is 2. The first-order chi connectivity index (χ1) is 14.3. The van der Waals surface area contributed by atoms with Gasteiger partial charge in [-0.2, -0.15) is 0 Å². The van der Waals surface area contributed by atoms with Gasteiger partial charge in [0.1, 0.15) is 0 Å². The quantitative estimate of drug-likeness (QED) is 0.159. The van der Waals surface area contributed by atoms with E-state index < -0.39 is 49.2 Å². The Morgan fingerprint density at radius 2 is 1.52 bits per heavy atom. The molecule has 31 heavy (non-hydrogen) atoms. The van der Waals surface area contributed by atoms with Gasteiger partial charge in [-0.25, -0.2) is 0 Å². The Kier molecular flexibility index (Phi) is 11.3. The second-order valence-corrected chi connectivity index (χ2v) is 21.3. The SMILES string of the molecule is CCCC[Si](C)(C)O[Si](C)(C)O[Si](C)(C)OCCCOC(=O)C1CC=CCC1C(=O)[O-]. The molecule has 0 saturated heterocycles. The van der Waals surface area contributed by atoms with E-state index in [1.54, 1.807) is 6.08 Å². The third-order valence-electron chi connectivity index (χ3n) is 5.17. The summed E-state index contributed by atoms with van der Waals surface area (Å²) in [6.45, 7) is 15.5. The second kappa shape index (κ2) is 12.5. The first kappa shape index (κ1) is 28.2. The molecule has 1 rings (SSSR count). The van der Waals surface area contributed by atoms with Gasteiger partial charge in [0.2, 0.25) is 0 Å². The van der Waals surface area contributed by atoms with Crippen LogP contribution in [0.4, 0.5) is 0 Å². The van der Waals surface area contributed by atoms with Crippen molar-refractivity contribution in [3.05, 3.63) is 12.2 Å². The van der Waals surface area contributed by atoms with E-state index in [-0.39, 0.29) is 6.61 Å². The van der Waals surface area contributed by atoms with Crippen LogP contribution in [0.3, 0.4) is 0 Å². The maximum absolute atomic E-state index is 12.3. The fourth-order valence-corrected chi connectivity index (χ4v) is 17.0. The molecule has 0 aromatic carbocycles. The lowest BCUT2D eigenvalue weighted by molar-refractivity contribution is -0.313. The van der Waals surface area contributed by atoms with Gasteiger partial charge in [0.15, 0.2) is 8.32 Å². The smallest absolute Gasteiger partial charge is 0.322 e.